The van der Waals surface area contributed by atoms with Crippen molar-refractivity contribution in [2.24, 2.45) is 5.73 Å². The molecule has 0 spiro atoms. The molecule has 2 rings (SSSR count). The second-order valence-electron chi connectivity index (χ2n) is 4.23. The summed E-state index contributed by atoms with van der Waals surface area (Å²) in [6, 6.07) is 9.66. The van der Waals surface area contributed by atoms with E-state index in [1.807, 2.05) is 37.3 Å². The fourth-order valence-corrected chi connectivity index (χ4v) is 2.23. The lowest BCUT2D eigenvalue weighted by Crippen LogP contribution is -2.08. The van der Waals surface area contributed by atoms with Crippen molar-refractivity contribution in [3.05, 3.63) is 56.7 Å². The van der Waals surface area contributed by atoms with Crippen LogP contribution in [0.3, 0.4) is 0 Å². The van der Waals surface area contributed by atoms with Crippen LogP contribution in [0.15, 0.2) is 45.5 Å². The van der Waals surface area contributed by atoms with E-state index >= 15 is 0 Å². The Morgan fingerprint density at radius 1 is 1.21 bits per heavy atom. The number of hydrogen-bond acceptors (Lipinski definition) is 3. The Labute approximate surface area is 129 Å². The largest absolute Gasteiger partial charge is 0.487 e. The number of pyridine rings is 1. The molecule has 100 valence electrons. The number of nitrogens with zero attached hydrogens (tertiary/aromatic N) is 1. The number of ether oxygens (including phenoxy) is 1. The molecule has 1 aromatic heterocycles. The van der Waals surface area contributed by atoms with Crippen LogP contribution in [0.5, 0.6) is 5.75 Å². The maximum atomic E-state index is 5.94. The summed E-state index contributed by atoms with van der Waals surface area (Å²) in [5.74, 6) is 0.786. The molecule has 5 heteroatoms. The number of aromatic nitrogens is 1. The van der Waals surface area contributed by atoms with Crippen molar-refractivity contribution < 1.29 is 4.74 Å². The van der Waals surface area contributed by atoms with Crippen LogP contribution in [0.1, 0.15) is 24.2 Å². The molecule has 0 aliphatic carbocycles. The van der Waals surface area contributed by atoms with Crippen molar-refractivity contribution in [2.75, 3.05) is 0 Å². The van der Waals surface area contributed by atoms with Crippen molar-refractivity contribution in [3.8, 4) is 5.75 Å². The summed E-state index contributed by atoms with van der Waals surface area (Å²) in [6.45, 7) is 2.36. The Bertz CT molecular complexity index is 556. The third-order valence-electron chi connectivity index (χ3n) is 2.63. The van der Waals surface area contributed by atoms with Gasteiger partial charge in [-0.3, -0.25) is 4.98 Å². The Balaban J connectivity index is 2.14. The molecule has 0 fully saturated rings. The normalized spacial score (nSPS) is 12.2. The number of hydrogen-bond donors (Lipinski definition) is 1. The standard InChI is InChI=1S/C14H14Br2N2O/c1-9(17)13-5-3-10(15)6-14(13)19-8-12-4-2-11(16)7-18-12/h2-7,9H,8,17H2,1H3/t9-/m0/s1. The van der Waals surface area contributed by atoms with Gasteiger partial charge in [0.1, 0.15) is 12.4 Å². The number of rotatable bonds is 4. The van der Waals surface area contributed by atoms with Crippen molar-refractivity contribution in [2.45, 2.75) is 19.6 Å². The van der Waals surface area contributed by atoms with E-state index in [0.717, 1.165) is 26.0 Å². The molecule has 1 aromatic carbocycles. The zero-order valence-electron chi connectivity index (χ0n) is 10.4. The van der Waals surface area contributed by atoms with Gasteiger partial charge in [0, 0.05) is 26.7 Å². The van der Waals surface area contributed by atoms with E-state index in [4.69, 9.17) is 10.5 Å². The van der Waals surface area contributed by atoms with E-state index in [1.165, 1.54) is 0 Å². The van der Waals surface area contributed by atoms with E-state index in [0.29, 0.717) is 6.61 Å². The first-order valence-electron chi connectivity index (χ1n) is 5.84. The molecule has 3 nitrogen and oxygen atoms in total. The lowest BCUT2D eigenvalue weighted by Gasteiger charge is -2.14. The van der Waals surface area contributed by atoms with E-state index in [-0.39, 0.29) is 6.04 Å². The van der Waals surface area contributed by atoms with Gasteiger partial charge < -0.3 is 10.5 Å². The zero-order chi connectivity index (χ0) is 13.8. The van der Waals surface area contributed by atoms with Crippen molar-refractivity contribution in [1.29, 1.82) is 0 Å². The van der Waals surface area contributed by atoms with Crippen LogP contribution in [0.2, 0.25) is 0 Å². The second kappa shape index (κ2) is 6.50. The van der Waals surface area contributed by atoms with Crippen LogP contribution < -0.4 is 10.5 Å². The van der Waals surface area contributed by atoms with E-state index in [2.05, 4.69) is 36.8 Å². The minimum atomic E-state index is -0.0685. The molecule has 0 aliphatic rings. The monoisotopic (exact) mass is 384 g/mol. The zero-order valence-corrected chi connectivity index (χ0v) is 13.6. The predicted molar refractivity (Wildman–Crippen MR) is 83.0 cm³/mol. The molecule has 19 heavy (non-hydrogen) atoms. The maximum Gasteiger partial charge on any atom is 0.130 e. The van der Waals surface area contributed by atoms with Gasteiger partial charge >= 0.3 is 0 Å². The smallest absolute Gasteiger partial charge is 0.130 e. The average molecular weight is 386 g/mol. The molecule has 1 atom stereocenters. The van der Waals surface area contributed by atoms with Gasteiger partial charge in [0.25, 0.3) is 0 Å². The van der Waals surface area contributed by atoms with Gasteiger partial charge in [-0.2, -0.15) is 0 Å². The summed E-state index contributed by atoms with van der Waals surface area (Å²) in [4.78, 5) is 4.28. The fourth-order valence-electron chi connectivity index (χ4n) is 1.65. The number of nitrogens with two attached hydrogens (primary N) is 1. The highest BCUT2D eigenvalue weighted by atomic mass is 79.9. The Morgan fingerprint density at radius 2 is 1.95 bits per heavy atom. The number of halogens is 2. The average Bonchev–Trinajstić information content (AvgIpc) is 2.38. The molecule has 0 saturated carbocycles. The summed E-state index contributed by atoms with van der Waals surface area (Å²) >= 11 is 6.79. The first-order valence-corrected chi connectivity index (χ1v) is 7.43. The van der Waals surface area contributed by atoms with Gasteiger partial charge in [0.05, 0.1) is 5.69 Å². The van der Waals surface area contributed by atoms with Crippen molar-refractivity contribution in [1.82, 2.24) is 4.98 Å². The van der Waals surface area contributed by atoms with Crippen LogP contribution in [0, 0.1) is 0 Å². The minimum absolute atomic E-state index is 0.0685. The summed E-state index contributed by atoms with van der Waals surface area (Å²) in [5.41, 5.74) is 7.80. The quantitative estimate of drug-likeness (QED) is 0.857. The third kappa shape index (κ3) is 4.03. The molecule has 0 saturated heterocycles. The van der Waals surface area contributed by atoms with Crippen LogP contribution >= 0.6 is 31.9 Å². The number of benzene rings is 1. The highest BCUT2D eigenvalue weighted by Gasteiger charge is 2.09. The van der Waals surface area contributed by atoms with Gasteiger partial charge in [0.15, 0.2) is 0 Å². The molecular formula is C14H14Br2N2O. The SMILES string of the molecule is C[C@H](N)c1ccc(Br)cc1OCc1ccc(Br)cn1. The van der Waals surface area contributed by atoms with Crippen LogP contribution in [-0.2, 0) is 6.61 Å². The fraction of sp³-hybridized carbons (Fsp3) is 0.214. The second-order valence-corrected chi connectivity index (χ2v) is 6.06. The molecule has 0 bridgehead atoms. The molecular weight excluding hydrogens is 372 g/mol. The van der Waals surface area contributed by atoms with Gasteiger partial charge in [-0.25, -0.2) is 0 Å². The van der Waals surface area contributed by atoms with Gasteiger partial charge in [-0.1, -0.05) is 22.0 Å². The molecule has 2 aromatic rings. The minimum Gasteiger partial charge on any atom is -0.487 e. The molecule has 1 heterocycles. The highest BCUT2D eigenvalue weighted by molar-refractivity contribution is 9.10. The van der Waals surface area contributed by atoms with E-state index < -0.39 is 0 Å². The molecule has 0 aliphatic heterocycles. The summed E-state index contributed by atoms with van der Waals surface area (Å²) in [7, 11) is 0. The molecule has 0 unspecified atom stereocenters. The summed E-state index contributed by atoms with van der Waals surface area (Å²) < 4.78 is 7.74. The van der Waals surface area contributed by atoms with Crippen LogP contribution in [-0.4, -0.2) is 4.98 Å². The maximum absolute atomic E-state index is 5.94. The topological polar surface area (TPSA) is 48.1 Å². The summed E-state index contributed by atoms with van der Waals surface area (Å²) in [5, 5.41) is 0. The molecule has 0 radical (unpaired) electrons. The lowest BCUT2D eigenvalue weighted by atomic mass is 10.1. The molecule has 0 amide bonds. The van der Waals surface area contributed by atoms with Gasteiger partial charge in [-0.15, -0.1) is 0 Å². The van der Waals surface area contributed by atoms with Crippen molar-refractivity contribution in [3.63, 3.8) is 0 Å². The third-order valence-corrected chi connectivity index (χ3v) is 3.59. The van der Waals surface area contributed by atoms with E-state index in [1.54, 1.807) is 6.20 Å². The van der Waals surface area contributed by atoms with Crippen LogP contribution in [0.25, 0.3) is 0 Å². The van der Waals surface area contributed by atoms with Crippen LogP contribution in [0.4, 0.5) is 0 Å². The Hall–Kier alpha value is -0.910. The van der Waals surface area contributed by atoms with Gasteiger partial charge in [-0.05, 0) is 47.1 Å². The summed E-state index contributed by atoms with van der Waals surface area (Å²) in [6.07, 6.45) is 1.76. The Morgan fingerprint density at radius 3 is 2.58 bits per heavy atom. The first kappa shape index (κ1) is 14.5. The predicted octanol–water partition coefficient (Wildman–Crippen LogP) is 4.21. The lowest BCUT2D eigenvalue weighted by molar-refractivity contribution is 0.296. The van der Waals surface area contributed by atoms with Crippen molar-refractivity contribution >= 4 is 31.9 Å². The highest BCUT2D eigenvalue weighted by Crippen LogP contribution is 2.28. The Kier molecular flexibility index (Phi) is 4.96. The first-order chi connectivity index (χ1) is 9.06. The van der Waals surface area contributed by atoms with Gasteiger partial charge in [0.2, 0.25) is 0 Å². The van der Waals surface area contributed by atoms with E-state index in [9.17, 15) is 0 Å². The molecule has 2 N–H and O–H groups in total.